The molecule has 0 radical (unpaired) electrons. The minimum absolute atomic E-state index is 0.537. The van der Waals surface area contributed by atoms with E-state index in [0.717, 1.165) is 40.9 Å². The molecule has 3 aromatic rings. The number of anilines is 2. The highest BCUT2D eigenvalue weighted by molar-refractivity contribution is 5.92. The van der Waals surface area contributed by atoms with Crippen LogP contribution >= 0.6 is 0 Å². The number of aromatic amines is 1. The fourth-order valence-corrected chi connectivity index (χ4v) is 3.08. The van der Waals surface area contributed by atoms with Crippen molar-refractivity contribution in [3.05, 3.63) is 36.5 Å². The number of fused-ring (bicyclic) bond motifs is 1. The molecule has 4 rings (SSSR count). The minimum Gasteiger partial charge on any atom is -0.382 e. The third kappa shape index (κ3) is 2.28. The van der Waals surface area contributed by atoms with E-state index in [1.54, 1.807) is 0 Å². The second-order valence-corrected chi connectivity index (χ2v) is 5.82. The molecule has 2 aromatic heterocycles. The second-order valence-electron chi connectivity index (χ2n) is 5.82. The zero-order valence-electron chi connectivity index (χ0n) is 12.4. The first-order valence-corrected chi connectivity index (χ1v) is 7.76. The Hall–Kier alpha value is -2.56. The fourth-order valence-electron chi connectivity index (χ4n) is 3.08. The van der Waals surface area contributed by atoms with Crippen LogP contribution in [0.4, 0.5) is 11.6 Å². The summed E-state index contributed by atoms with van der Waals surface area (Å²) in [4.78, 5) is 7.01. The number of benzene rings is 1. The summed E-state index contributed by atoms with van der Waals surface area (Å²) < 4.78 is 0. The van der Waals surface area contributed by atoms with Crippen LogP contribution in [0.1, 0.15) is 19.3 Å². The van der Waals surface area contributed by atoms with Crippen molar-refractivity contribution in [1.29, 1.82) is 0 Å². The Labute approximate surface area is 129 Å². The van der Waals surface area contributed by atoms with Gasteiger partial charge in [0.15, 0.2) is 5.82 Å². The van der Waals surface area contributed by atoms with Crippen LogP contribution in [0.15, 0.2) is 36.5 Å². The molecule has 0 aliphatic carbocycles. The maximum absolute atomic E-state index is 5.88. The number of hydrogen-bond acceptors (Lipinski definition) is 4. The van der Waals surface area contributed by atoms with Crippen LogP contribution in [-0.2, 0) is 0 Å². The molecule has 1 aliphatic rings. The Morgan fingerprint density at radius 2 is 1.82 bits per heavy atom. The standard InChI is InChI=1S/C17H19N5/c18-17-14-10-12(4-6-15(14)20-21-17)13-5-7-16(19-11-13)22-8-2-1-3-9-22/h4-7,10-11H,1-3,8-9H2,(H3,18,20,21). The van der Waals surface area contributed by atoms with E-state index in [2.05, 4.69) is 44.3 Å². The summed E-state index contributed by atoms with van der Waals surface area (Å²) in [7, 11) is 0. The van der Waals surface area contributed by atoms with Gasteiger partial charge in [-0.05, 0) is 49.1 Å². The molecule has 1 saturated heterocycles. The van der Waals surface area contributed by atoms with Gasteiger partial charge in [0.25, 0.3) is 0 Å². The van der Waals surface area contributed by atoms with E-state index >= 15 is 0 Å². The van der Waals surface area contributed by atoms with Gasteiger partial charge in [-0.25, -0.2) is 4.98 Å². The summed E-state index contributed by atoms with van der Waals surface area (Å²) in [5, 5.41) is 7.91. The molecule has 0 atom stereocenters. The molecule has 0 bridgehead atoms. The molecule has 1 aromatic carbocycles. The first-order valence-electron chi connectivity index (χ1n) is 7.76. The third-order valence-electron chi connectivity index (χ3n) is 4.35. The molecule has 0 saturated carbocycles. The highest BCUT2D eigenvalue weighted by Gasteiger charge is 2.12. The van der Waals surface area contributed by atoms with Crippen LogP contribution in [0.25, 0.3) is 22.0 Å². The second kappa shape index (κ2) is 5.33. The number of aromatic nitrogens is 3. The summed E-state index contributed by atoms with van der Waals surface area (Å²) in [5.74, 6) is 1.61. The summed E-state index contributed by atoms with van der Waals surface area (Å²) in [6, 6.07) is 10.4. The first-order chi connectivity index (χ1) is 10.8. The Kier molecular flexibility index (Phi) is 3.18. The summed E-state index contributed by atoms with van der Waals surface area (Å²) >= 11 is 0. The lowest BCUT2D eigenvalue weighted by Crippen LogP contribution is -2.29. The van der Waals surface area contributed by atoms with Gasteiger partial charge in [0, 0.05) is 30.2 Å². The van der Waals surface area contributed by atoms with Crippen molar-refractivity contribution in [3.8, 4) is 11.1 Å². The van der Waals surface area contributed by atoms with E-state index in [1.807, 2.05) is 12.3 Å². The van der Waals surface area contributed by atoms with Crippen LogP contribution in [0, 0.1) is 0 Å². The van der Waals surface area contributed by atoms with Crippen molar-refractivity contribution >= 4 is 22.5 Å². The predicted molar refractivity (Wildman–Crippen MR) is 89.8 cm³/mol. The number of nitrogens with one attached hydrogen (secondary N) is 1. The molecule has 22 heavy (non-hydrogen) atoms. The van der Waals surface area contributed by atoms with Crippen LogP contribution in [0.2, 0.25) is 0 Å². The van der Waals surface area contributed by atoms with Gasteiger partial charge in [-0.1, -0.05) is 6.07 Å². The number of rotatable bonds is 2. The lowest BCUT2D eigenvalue weighted by atomic mass is 10.1. The Balaban J connectivity index is 1.64. The topological polar surface area (TPSA) is 70.8 Å². The highest BCUT2D eigenvalue weighted by atomic mass is 15.2. The molecular formula is C17H19N5. The SMILES string of the molecule is Nc1n[nH]c2ccc(-c3ccc(N4CCCCC4)nc3)cc12. The quantitative estimate of drug-likeness (QED) is 0.761. The molecule has 0 unspecified atom stereocenters. The number of nitrogens with zero attached hydrogens (tertiary/aromatic N) is 3. The zero-order valence-corrected chi connectivity index (χ0v) is 12.4. The Morgan fingerprint density at radius 3 is 2.59 bits per heavy atom. The average Bonchev–Trinajstić information content (AvgIpc) is 2.96. The molecule has 1 fully saturated rings. The smallest absolute Gasteiger partial charge is 0.153 e. The van der Waals surface area contributed by atoms with E-state index in [0.29, 0.717) is 5.82 Å². The van der Waals surface area contributed by atoms with Gasteiger partial charge in [0.1, 0.15) is 5.82 Å². The Morgan fingerprint density at radius 1 is 1.00 bits per heavy atom. The van der Waals surface area contributed by atoms with Crippen molar-refractivity contribution in [3.63, 3.8) is 0 Å². The van der Waals surface area contributed by atoms with Crippen LogP contribution in [-0.4, -0.2) is 28.3 Å². The minimum atomic E-state index is 0.537. The van der Waals surface area contributed by atoms with Gasteiger partial charge in [-0.15, -0.1) is 0 Å². The fraction of sp³-hybridized carbons (Fsp3) is 0.294. The number of piperidine rings is 1. The number of nitrogens with two attached hydrogens (primary N) is 1. The summed E-state index contributed by atoms with van der Waals surface area (Å²) in [6.07, 6.45) is 5.81. The van der Waals surface area contributed by atoms with Crippen molar-refractivity contribution in [1.82, 2.24) is 15.2 Å². The first kappa shape index (κ1) is 13.1. The van der Waals surface area contributed by atoms with Crippen molar-refractivity contribution < 1.29 is 0 Å². The predicted octanol–water partition coefficient (Wildman–Crippen LogP) is 3.20. The molecule has 112 valence electrons. The van der Waals surface area contributed by atoms with Gasteiger partial charge in [-0.2, -0.15) is 5.10 Å². The van der Waals surface area contributed by atoms with Gasteiger partial charge < -0.3 is 10.6 Å². The lowest BCUT2D eigenvalue weighted by Gasteiger charge is -2.27. The number of H-pyrrole nitrogens is 1. The normalized spacial score (nSPS) is 15.4. The van der Waals surface area contributed by atoms with E-state index in [-0.39, 0.29) is 0 Å². The average molecular weight is 293 g/mol. The van der Waals surface area contributed by atoms with Crippen LogP contribution in [0.3, 0.4) is 0 Å². The summed E-state index contributed by atoms with van der Waals surface area (Å²) in [5.41, 5.74) is 9.05. The van der Waals surface area contributed by atoms with E-state index in [4.69, 9.17) is 5.73 Å². The van der Waals surface area contributed by atoms with E-state index in [9.17, 15) is 0 Å². The van der Waals surface area contributed by atoms with Crippen molar-refractivity contribution in [2.45, 2.75) is 19.3 Å². The van der Waals surface area contributed by atoms with Crippen LogP contribution in [0.5, 0.6) is 0 Å². The van der Waals surface area contributed by atoms with E-state index < -0.39 is 0 Å². The third-order valence-corrected chi connectivity index (χ3v) is 4.35. The van der Waals surface area contributed by atoms with E-state index in [1.165, 1.54) is 19.3 Å². The van der Waals surface area contributed by atoms with Gasteiger partial charge in [-0.3, -0.25) is 5.10 Å². The van der Waals surface area contributed by atoms with Crippen molar-refractivity contribution in [2.24, 2.45) is 0 Å². The molecule has 0 amide bonds. The molecule has 3 heterocycles. The van der Waals surface area contributed by atoms with Crippen LogP contribution < -0.4 is 10.6 Å². The van der Waals surface area contributed by atoms with Gasteiger partial charge >= 0.3 is 0 Å². The van der Waals surface area contributed by atoms with Gasteiger partial charge in [0.05, 0.1) is 5.52 Å². The largest absolute Gasteiger partial charge is 0.382 e. The molecule has 5 heteroatoms. The van der Waals surface area contributed by atoms with Gasteiger partial charge in [0.2, 0.25) is 0 Å². The highest BCUT2D eigenvalue weighted by Crippen LogP contribution is 2.27. The lowest BCUT2D eigenvalue weighted by molar-refractivity contribution is 0.573. The molecular weight excluding hydrogens is 274 g/mol. The molecule has 1 aliphatic heterocycles. The molecule has 0 spiro atoms. The zero-order chi connectivity index (χ0) is 14.9. The molecule has 3 N–H and O–H groups in total. The summed E-state index contributed by atoms with van der Waals surface area (Å²) in [6.45, 7) is 2.23. The number of pyridine rings is 1. The number of hydrogen-bond donors (Lipinski definition) is 2. The maximum atomic E-state index is 5.88. The van der Waals surface area contributed by atoms with Crippen molar-refractivity contribution in [2.75, 3.05) is 23.7 Å². The monoisotopic (exact) mass is 293 g/mol. The Bertz CT molecular complexity index is 784. The number of nitrogen functional groups attached to an aromatic ring is 1. The maximum Gasteiger partial charge on any atom is 0.153 e. The molecule has 5 nitrogen and oxygen atoms in total.